The highest BCUT2D eigenvalue weighted by Crippen LogP contribution is 2.40. The molecule has 0 aliphatic carbocycles. The Morgan fingerprint density at radius 3 is 2.44 bits per heavy atom. The number of hydrogen-bond donors (Lipinski definition) is 2. The van der Waals surface area contributed by atoms with Crippen LogP contribution in [0.15, 0.2) is 83.8 Å². The number of unbranched alkanes of at least 4 members (excludes halogenated alkanes) is 2. The van der Waals surface area contributed by atoms with Crippen molar-refractivity contribution in [2.75, 3.05) is 27.4 Å². The van der Waals surface area contributed by atoms with Crippen LogP contribution in [0.1, 0.15) is 47.2 Å². The number of rotatable bonds is 16. The van der Waals surface area contributed by atoms with Crippen LogP contribution in [0.2, 0.25) is 0 Å². The van der Waals surface area contributed by atoms with E-state index in [-0.39, 0.29) is 31.6 Å². The fourth-order valence-electron chi connectivity index (χ4n) is 4.92. The van der Waals surface area contributed by atoms with Crippen molar-refractivity contribution in [2.24, 2.45) is 0 Å². The summed E-state index contributed by atoms with van der Waals surface area (Å²) in [4.78, 5) is 26.3. The van der Waals surface area contributed by atoms with E-state index in [1.807, 2.05) is 60.7 Å². The molecule has 1 atom stereocenters. The number of carbonyl (C=O) groups excluding carboxylic acids is 2. The van der Waals surface area contributed by atoms with Gasteiger partial charge in [0.1, 0.15) is 17.1 Å². The molecule has 0 saturated heterocycles. The minimum Gasteiger partial charge on any atom is -0.497 e. The second-order valence-corrected chi connectivity index (χ2v) is 10.3. The Morgan fingerprint density at radius 1 is 1.00 bits per heavy atom. The summed E-state index contributed by atoms with van der Waals surface area (Å²) in [5.41, 5.74) is 3.24. The fraction of sp³-hybridized carbons (Fsp3) is 0.314. The normalized spacial score (nSPS) is 11.6. The first kappa shape index (κ1) is 31.4. The van der Waals surface area contributed by atoms with Crippen LogP contribution in [0.25, 0.3) is 22.3 Å². The van der Waals surface area contributed by atoms with Gasteiger partial charge >= 0.3 is 5.97 Å². The standard InChI is InChI=1S/C35H39NO7/c1-4-5-6-10-19-42-35(39)32-29-21-25(13-18-31(38)36-27(23-37)20-24-11-8-7-9-12-24)22-30(41-3)34(29)43-33(32)26-14-16-28(40-2)17-15-26/h4,7-9,11-12,14-17,21-22,27,37H,1,5-6,10,13,18-20,23H2,2-3H3,(H,36,38)/t27-/m0/s1. The number of esters is 1. The Balaban J connectivity index is 1.59. The molecule has 0 saturated carbocycles. The average Bonchev–Trinajstić information content (AvgIpc) is 3.43. The summed E-state index contributed by atoms with van der Waals surface area (Å²) in [5.74, 6) is 0.821. The second-order valence-electron chi connectivity index (χ2n) is 10.3. The summed E-state index contributed by atoms with van der Waals surface area (Å²) in [7, 11) is 3.12. The lowest BCUT2D eigenvalue weighted by Crippen LogP contribution is -2.39. The van der Waals surface area contributed by atoms with Crippen molar-refractivity contribution in [3.8, 4) is 22.8 Å². The molecule has 0 spiro atoms. The Morgan fingerprint density at radius 2 is 1.77 bits per heavy atom. The van der Waals surface area contributed by atoms with Gasteiger partial charge in [0.2, 0.25) is 5.91 Å². The van der Waals surface area contributed by atoms with Gasteiger partial charge in [-0.15, -0.1) is 6.58 Å². The second kappa shape index (κ2) is 15.6. The zero-order valence-corrected chi connectivity index (χ0v) is 24.8. The van der Waals surface area contributed by atoms with Crippen molar-refractivity contribution in [1.82, 2.24) is 5.32 Å². The monoisotopic (exact) mass is 585 g/mol. The number of allylic oxidation sites excluding steroid dienone is 1. The number of aryl methyl sites for hydroxylation is 1. The van der Waals surface area contributed by atoms with Gasteiger partial charge in [0, 0.05) is 17.4 Å². The van der Waals surface area contributed by atoms with Crippen molar-refractivity contribution in [1.29, 1.82) is 0 Å². The minimum atomic E-state index is -0.494. The number of aliphatic hydroxyl groups excluding tert-OH is 1. The van der Waals surface area contributed by atoms with Crippen LogP contribution in [0, 0.1) is 0 Å². The Kier molecular flexibility index (Phi) is 11.4. The summed E-state index contributed by atoms with van der Waals surface area (Å²) in [6.45, 7) is 3.84. The molecule has 2 N–H and O–H groups in total. The zero-order chi connectivity index (χ0) is 30.6. The van der Waals surface area contributed by atoms with E-state index in [0.717, 1.165) is 24.0 Å². The molecule has 0 aliphatic heterocycles. The van der Waals surface area contributed by atoms with E-state index in [1.165, 1.54) is 7.11 Å². The van der Waals surface area contributed by atoms with Crippen molar-refractivity contribution in [3.63, 3.8) is 0 Å². The molecule has 0 aliphatic rings. The van der Waals surface area contributed by atoms with Gasteiger partial charge in [-0.1, -0.05) is 36.4 Å². The third kappa shape index (κ3) is 8.26. The Bertz CT molecular complexity index is 1510. The van der Waals surface area contributed by atoms with Gasteiger partial charge in [-0.25, -0.2) is 4.79 Å². The van der Waals surface area contributed by atoms with Gasteiger partial charge in [-0.05, 0) is 79.6 Å². The van der Waals surface area contributed by atoms with Gasteiger partial charge in [0.15, 0.2) is 11.3 Å². The van der Waals surface area contributed by atoms with Gasteiger partial charge in [0.25, 0.3) is 0 Å². The predicted molar refractivity (Wildman–Crippen MR) is 167 cm³/mol. The maximum atomic E-state index is 13.5. The first-order valence-corrected chi connectivity index (χ1v) is 14.5. The number of amides is 1. The van der Waals surface area contributed by atoms with Crippen molar-refractivity contribution in [3.05, 3.63) is 96.1 Å². The first-order chi connectivity index (χ1) is 21.0. The molecule has 43 heavy (non-hydrogen) atoms. The summed E-state index contributed by atoms with van der Waals surface area (Å²) >= 11 is 0. The molecule has 1 aromatic heterocycles. The van der Waals surface area contributed by atoms with Crippen LogP contribution in [0.4, 0.5) is 0 Å². The fourth-order valence-corrected chi connectivity index (χ4v) is 4.92. The van der Waals surface area contributed by atoms with Crippen LogP contribution in [0.5, 0.6) is 11.5 Å². The van der Waals surface area contributed by atoms with E-state index in [9.17, 15) is 14.7 Å². The highest BCUT2D eigenvalue weighted by atomic mass is 16.5. The number of benzene rings is 3. The third-order valence-electron chi connectivity index (χ3n) is 7.18. The molecule has 0 unspecified atom stereocenters. The SMILES string of the molecule is C=CCCCCOC(=O)c1c(-c2ccc(OC)cc2)oc2c(OC)cc(CCC(=O)N[C@H](CO)Cc3ccccc3)cc12. The topological polar surface area (TPSA) is 107 Å². The molecule has 1 amide bonds. The van der Waals surface area contributed by atoms with Gasteiger partial charge in [-0.3, -0.25) is 4.79 Å². The van der Waals surface area contributed by atoms with Crippen LogP contribution in [-0.2, 0) is 22.4 Å². The number of carbonyl (C=O) groups is 2. The van der Waals surface area contributed by atoms with Gasteiger partial charge < -0.3 is 29.1 Å². The van der Waals surface area contributed by atoms with Crippen molar-refractivity contribution < 1.29 is 33.3 Å². The van der Waals surface area contributed by atoms with Crippen molar-refractivity contribution >= 4 is 22.8 Å². The summed E-state index contributed by atoms with van der Waals surface area (Å²) < 4.78 is 22.9. The van der Waals surface area contributed by atoms with Crippen LogP contribution >= 0.6 is 0 Å². The van der Waals surface area contributed by atoms with E-state index < -0.39 is 5.97 Å². The molecule has 0 bridgehead atoms. The zero-order valence-electron chi connectivity index (χ0n) is 24.8. The first-order valence-electron chi connectivity index (χ1n) is 14.5. The maximum absolute atomic E-state index is 13.5. The third-order valence-corrected chi connectivity index (χ3v) is 7.18. The average molecular weight is 586 g/mol. The van der Waals surface area contributed by atoms with Gasteiger partial charge in [-0.2, -0.15) is 0 Å². The quantitative estimate of drug-likeness (QED) is 0.0905. The highest BCUT2D eigenvalue weighted by molar-refractivity contribution is 6.10. The predicted octanol–water partition coefficient (Wildman–Crippen LogP) is 6.28. The minimum absolute atomic E-state index is 0.164. The molecule has 4 aromatic rings. The smallest absolute Gasteiger partial charge is 0.342 e. The lowest BCUT2D eigenvalue weighted by molar-refractivity contribution is -0.122. The molecule has 1 heterocycles. The van der Waals surface area contributed by atoms with E-state index in [1.54, 1.807) is 19.2 Å². The molecule has 0 fully saturated rings. The molecule has 0 radical (unpaired) electrons. The van der Waals surface area contributed by atoms with Crippen LogP contribution in [-0.4, -0.2) is 50.5 Å². The molecule has 4 rings (SSSR count). The summed E-state index contributed by atoms with van der Waals surface area (Å²) in [5, 5.41) is 13.3. The van der Waals surface area contributed by atoms with E-state index in [2.05, 4.69) is 11.9 Å². The van der Waals surface area contributed by atoms with E-state index in [0.29, 0.717) is 58.6 Å². The van der Waals surface area contributed by atoms with Gasteiger partial charge in [0.05, 0.1) is 33.5 Å². The number of hydrogen-bond acceptors (Lipinski definition) is 7. The molecule has 8 heteroatoms. The maximum Gasteiger partial charge on any atom is 0.342 e. The summed E-state index contributed by atoms with van der Waals surface area (Å²) in [6, 6.07) is 20.2. The van der Waals surface area contributed by atoms with Crippen LogP contribution < -0.4 is 14.8 Å². The number of ether oxygens (including phenoxy) is 3. The molecule has 226 valence electrons. The highest BCUT2D eigenvalue weighted by Gasteiger charge is 2.26. The lowest BCUT2D eigenvalue weighted by atomic mass is 10.0. The number of nitrogens with one attached hydrogen (secondary N) is 1. The largest absolute Gasteiger partial charge is 0.497 e. The Hall–Kier alpha value is -4.56. The molecule has 8 nitrogen and oxygen atoms in total. The van der Waals surface area contributed by atoms with Crippen LogP contribution in [0.3, 0.4) is 0 Å². The number of furan rings is 1. The van der Waals surface area contributed by atoms with Crippen molar-refractivity contribution in [2.45, 2.75) is 44.6 Å². The Labute approximate surface area is 252 Å². The lowest BCUT2D eigenvalue weighted by Gasteiger charge is -2.16. The number of fused-ring (bicyclic) bond motifs is 1. The summed E-state index contributed by atoms with van der Waals surface area (Å²) in [6.07, 6.45) is 5.39. The molecular formula is C35H39NO7. The molecule has 3 aromatic carbocycles. The van der Waals surface area contributed by atoms with E-state index in [4.69, 9.17) is 18.6 Å². The number of aliphatic hydroxyl groups is 1. The molecular weight excluding hydrogens is 546 g/mol. The number of methoxy groups -OCH3 is 2. The van der Waals surface area contributed by atoms with E-state index >= 15 is 0 Å².